The van der Waals surface area contributed by atoms with Gasteiger partial charge in [-0.15, -0.1) is 0 Å². The maximum atomic E-state index is 9.58. The molecule has 0 aliphatic rings. The molecule has 0 saturated carbocycles. The number of nitrogens with zero attached hydrogens (tertiary/aromatic N) is 2. The highest BCUT2D eigenvalue weighted by Gasteiger charge is 2.09. The molecule has 0 aliphatic heterocycles. The topological polar surface area (TPSA) is 90.3 Å². The molecule has 0 amide bonds. The number of aromatic nitrogens is 2. The van der Waals surface area contributed by atoms with Gasteiger partial charge in [0.15, 0.2) is 0 Å². The van der Waals surface area contributed by atoms with Crippen molar-refractivity contribution in [1.29, 1.82) is 0 Å². The van der Waals surface area contributed by atoms with E-state index < -0.39 is 0 Å². The summed E-state index contributed by atoms with van der Waals surface area (Å²) in [4.78, 5) is 8.91. The van der Waals surface area contributed by atoms with Crippen molar-refractivity contribution in [3.05, 3.63) is 59.8 Å². The number of phenolic OH excluding ortho intramolecular Hbond substituents is 2. The molecule has 0 unspecified atom stereocenters. The zero-order valence-corrected chi connectivity index (χ0v) is 13.4. The van der Waals surface area contributed by atoms with Crippen LogP contribution in [0.4, 0.5) is 23.1 Å². The summed E-state index contributed by atoms with van der Waals surface area (Å²) in [7, 11) is 0. The summed E-state index contributed by atoms with van der Waals surface area (Å²) in [5, 5.41) is 25.4. The number of rotatable bonds is 4. The average Bonchev–Trinajstić information content (AvgIpc) is 2.52. The molecule has 1 heterocycles. The fourth-order valence-electron chi connectivity index (χ4n) is 2.24. The van der Waals surface area contributed by atoms with Crippen molar-refractivity contribution in [1.82, 2.24) is 9.97 Å². The molecule has 0 bridgehead atoms. The second kappa shape index (κ2) is 6.45. The zero-order chi connectivity index (χ0) is 17.1. The van der Waals surface area contributed by atoms with Gasteiger partial charge in [-0.25, -0.2) is 4.98 Å². The molecule has 1 aromatic heterocycles. The Morgan fingerprint density at radius 1 is 0.792 bits per heavy atom. The molecule has 0 aliphatic carbocycles. The predicted molar refractivity (Wildman–Crippen MR) is 94.3 cm³/mol. The first kappa shape index (κ1) is 15.6. The van der Waals surface area contributed by atoms with Gasteiger partial charge in [0.05, 0.1) is 0 Å². The lowest BCUT2D eigenvalue weighted by molar-refractivity contribution is 0.475. The third-order valence-corrected chi connectivity index (χ3v) is 3.60. The van der Waals surface area contributed by atoms with Gasteiger partial charge in [-0.2, -0.15) is 4.98 Å². The number of benzene rings is 2. The smallest absolute Gasteiger partial charge is 0.229 e. The average molecular weight is 322 g/mol. The molecular formula is C18H18N4O2. The van der Waals surface area contributed by atoms with Crippen LogP contribution in [0, 0.1) is 13.8 Å². The van der Waals surface area contributed by atoms with Crippen LogP contribution in [0.3, 0.4) is 0 Å². The number of aromatic hydroxyl groups is 2. The standard InChI is InChI=1S/C18H18N4O2/c1-11-12(2)19-18(21-14-6-4-8-16(24)10-14)22-17(11)20-13-5-3-7-15(23)9-13/h3-10,23-24H,1-2H3,(H2,19,20,21,22). The van der Waals surface area contributed by atoms with Crippen molar-refractivity contribution in [2.24, 2.45) is 0 Å². The van der Waals surface area contributed by atoms with E-state index in [1.807, 2.05) is 26.0 Å². The van der Waals surface area contributed by atoms with Crippen LogP contribution in [0.15, 0.2) is 48.5 Å². The lowest BCUT2D eigenvalue weighted by atomic mass is 10.2. The van der Waals surface area contributed by atoms with Crippen molar-refractivity contribution >= 4 is 23.1 Å². The van der Waals surface area contributed by atoms with Gasteiger partial charge < -0.3 is 20.8 Å². The van der Waals surface area contributed by atoms with Crippen LogP contribution < -0.4 is 10.6 Å². The minimum Gasteiger partial charge on any atom is -0.508 e. The Labute approximate surface area is 139 Å². The number of nitrogens with one attached hydrogen (secondary N) is 2. The van der Waals surface area contributed by atoms with Crippen LogP contribution in [0.2, 0.25) is 0 Å². The third kappa shape index (κ3) is 3.55. The van der Waals surface area contributed by atoms with Crippen LogP contribution in [0.1, 0.15) is 11.3 Å². The number of anilines is 4. The minimum absolute atomic E-state index is 0.168. The van der Waals surface area contributed by atoms with Crippen molar-refractivity contribution in [3.63, 3.8) is 0 Å². The monoisotopic (exact) mass is 322 g/mol. The van der Waals surface area contributed by atoms with Crippen LogP contribution in [-0.4, -0.2) is 20.2 Å². The van der Waals surface area contributed by atoms with Crippen molar-refractivity contribution < 1.29 is 10.2 Å². The maximum Gasteiger partial charge on any atom is 0.229 e. The molecule has 122 valence electrons. The summed E-state index contributed by atoms with van der Waals surface area (Å²) in [6.07, 6.45) is 0. The Balaban J connectivity index is 1.91. The Morgan fingerprint density at radius 2 is 1.38 bits per heavy atom. The van der Waals surface area contributed by atoms with Crippen molar-refractivity contribution in [3.8, 4) is 11.5 Å². The third-order valence-electron chi connectivity index (χ3n) is 3.60. The molecule has 4 N–H and O–H groups in total. The fraction of sp³-hybridized carbons (Fsp3) is 0.111. The van der Waals surface area contributed by atoms with Crippen LogP contribution >= 0.6 is 0 Å². The Morgan fingerprint density at radius 3 is 1.96 bits per heavy atom. The highest BCUT2D eigenvalue weighted by molar-refractivity contribution is 5.64. The van der Waals surface area contributed by atoms with E-state index in [4.69, 9.17) is 0 Å². The first-order chi connectivity index (χ1) is 11.5. The number of hydrogen-bond donors (Lipinski definition) is 4. The number of aryl methyl sites for hydroxylation is 1. The summed E-state index contributed by atoms with van der Waals surface area (Å²) < 4.78 is 0. The molecule has 0 radical (unpaired) electrons. The molecule has 6 heteroatoms. The van der Waals surface area contributed by atoms with E-state index in [-0.39, 0.29) is 11.5 Å². The van der Waals surface area contributed by atoms with Gasteiger partial charge in [0, 0.05) is 34.8 Å². The molecule has 0 fully saturated rings. The normalized spacial score (nSPS) is 10.4. The Bertz CT molecular complexity index is 881. The predicted octanol–water partition coefficient (Wildman–Crippen LogP) is 3.99. The molecule has 24 heavy (non-hydrogen) atoms. The summed E-state index contributed by atoms with van der Waals surface area (Å²) in [5.74, 6) is 1.42. The summed E-state index contributed by atoms with van der Waals surface area (Å²) in [6, 6.07) is 13.6. The van der Waals surface area contributed by atoms with Crippen molar-refractivity contribution in [2.75, 3.05) is 10.6 Å². The van der Waals surface area contributed by atoms with Crippen LogP contribution in [0.25, 0.3) is 0 Å². The maximum absolute atomic E-state index is 9.58. The van der Waals surface area contributed by atoms with Gasteiger partial charge in [0.2, 0.25) is 5.95 Å². The van der Waals surface area contributed by atoms with E-state index in [0.29, 0.717) is 17.5 Å². The van der Waals surface area contributed by atoms with Gasteiger partial charge in [0.1, 0.15) is 17.3 Å². The van der Waals surface area contributed by atoms with Crippen LogP contribution in [0.5, 0.6) is 11.5 Å². The minimum atomic E-state index is 0.168. The highest BCUT2D eigenvalue weighted by atomic mass is 16.3. The largest absolute Gasteiger partial charge is 0.508 e. The molecule has 6 nitrogen and oxygen atoms in total. The molecule has 3 rings (SSSR count). The van der Waals surface area contributed by atoms with E-state index >= 15 is 0 Å². The fourth-order valence-corrected chi connectivity index (χ4v) is 2.24. The van der Waals surface area contributed by atoms with E-state index in [0.717, 1.165) is 16.9 Å². The second-order valence-electron chi connectivity index (χ2n) is 5.46. The van der Waals surface area contributed by atoms with Gasteiger partial charge in [0.25, 0.3) is 0 Å². The summed E-state index contributed by atoms with van der Waals surface area (Å²) >= 11 is 0. The molecule has 0 atom stereocenters. The van der Waals surface area contributed by atoms with Crippen molar-refractivity contribution in [2.45, 2.75) is 13.8 Å². The quantitative estimate of drug-likeness (QED) is 0.580. The first-order valence-electron chi connectivity index (χ1n) is 7.48. The Hall–Kier alpha value is -3.28. The SMILES string of the molecule is Cc1nc(Nc2cccc(O)c2)nc(Nc2cccc(O)c2)c1C. The summed E-state index contributed by atoms with van der Waals surface area (Å²) in [6.45, 7) is 3.83. The molecular weight excluding hydrogens is 304 g/mol. The molecule has 0 spiro atoms. The zero-order valence-electron chi connectivity index (χ0n) is 13.4. The van der Waals surface area contributed by atoms with E-state index in [9.17, 15) is 10.2 Å². The first-order valence-corrected chi connectivity index (χ1v) is 7.48. The molecule has 3 aromatic rings. The highest BCUT2D eigenvalue weighted by Crippen LogP contribution is 2.25. The number of phenols is 2. The Kier molecular flexibility index (Phi) is 4.20. The second-order valence-corrected chi connectivity index (χ2v) is 5.46. The van der Waals surface area contributed by atoms with E-state index in [1.165, 1.54) is 0 Å². The van der Waals surface area contributed by atoms with Gasteiger partial charge in [-0.05, 0) is 38.1 Å². The van der Waals surface area contributed by atoms with E-state index in [1.54, 1.807) is 36.4 Å². The number of hydrogen-bond acceptors (Lipinski definition) is 6. The van der Waals surface area contributed by atoms with E-state index in [2.05, 4.69) is 20.6 Å². The van der Waals surface area contributed by atoms with Gasteiger partial charge in [-0.1, -0.05) is 12.1 Å². The summed E-state index contributed by atoms with van der Waals surface area (Å²) in [5.41, 5.74) is 3.18. The lowest BCUT2D eigenvalue weighted by Gasteiger charge is -2.13. The molecule has 0 saturated heterocycles. The molecule has 2 aromatic carbocycles. The van der Waals surface area contributed by atoms with Crippen LogP contribution in [-0.2, 0) is 0 Å². The van der Waals surface area contributed by atoms with Gasteiger partial charge in [-0.3, -0.25) is 0 Å². The lowest BCUT2D eigenvalue weighted by Crippen LogP contribution is -2.05. The van der Waals surface area contributed by atoms with Gasteiger partial charge >= 0.3 is 0 Å².